The lowest BCUT2D eigenvalue weighted by molar-refractivity contribution is 0.396. The molecule has 0 saturated carbocycles. The second-order valence-electron chi connectivity index (χ2n) is 6.26. The van der Waals surface area contributed by atoms with Crippen LogP contribution in [0.1, 0.15) is 25.3 Å². The van der Waals surface area contributed by atoms with Crippen LogP contribution >= 0.6 is 15.9 Å². The Balaban J connectivity index is 1.92. The van der Waals surface area contributed by atoms with Gasteiger partial charge < -0.3 is 15.1 Å². The number of hydrogen-bond acceptors (Lipinski definition) is 3. The highest BCUT2D eigenvalue weighted by Crippen LogP contribution is 2.28. The molecule has 0 bridgehead atoms. The molecule has 1 aliphatic rings. The molecule has 1 saturated heterocycles. The zero-order chi connectivity index (χ0) is 15.2. The molecule has 0 aliphatic carbocycles. The lowest BCUT2D eigenvalue weighted by Gasteiger charge is -2.24. The number of nitrogens with zero attached hydrogens (tertiary/aromatic N) is 2. The quantitative estimate of drug-likeness (QED) is 0.758. The van der Waals surface area contributed by atoms with Crippen molar-refractivity contribution in [1.29, 1.82) is 0 Å². The van der Waals surface area contributed by atoms with Crippen molar-refractivity contribution in [2.45, 2.75) is 26.3 Å². The zero-order valence-electron chi connectivity index (χ0n) is 13.5. The van der Waals surface area contributed by atoms with Crippen molar-refractivity contribution in [3.63, 3.8) is 0 Å². The van der Waals surface area contributed by atoms with Gasteiger partial charge in [0.25, 0.3) is 0 Å². The Hall–Kier alpha value is -0.580. The summed E-state index contributed by atoms with van der Waals surface area (Å²) in [5.74, 6) is 0.790. The first-order valence-electron chi connectivity index (χ1n) is 7.99. The first-order valence-corrected chi connectivity index (χ1v) is 8.78. The van der Waals surface area contributed by atoms with Crippen LogP contribution in [0, 0.1) is 5.92 Å². The Morgan fingerprint density at radius 2 is 2.24 bits per heavy atom. The molecule has 0 aromatic heterocycles. The Morgan fingerprint density at radius 3 is 2.86 bits per heavy atom. The van der Waals surface area contributed by atoms with Gasteiger partial charge >= 0.3 is 0 Å². The molecule has 1 unspecified atom stereocenters. The standard InChI is InChI=1S/C17H28BrN3/c1-4-8-19-11-14-5-6-17(16(18)10-14)21(3)13-15-7-9-20(2)12-15/h5-6,10,15,19H,4,7-9,11-13H2,1-3H3. The molecule has 1 atom stereocenters. The van der Waals surface area contributed by atoms with Crippen LogP contribution in [0.4, 0.5) is 5.69 Å². The molecule has 1 heterocycles. The average Bonchev–Trinajstić information content (AvgIpc) is 2.84. The SMILES string of the molecule is CCCNCc1ccc(N(C)CC2CCN(C)C2)c(Br)c1. The molecular weight excluding hydrogens is 326 g/mol. The van der Waals surface area contributed by atoms with E-state index in [0.717, 1.165) is 25.6 Å². The van der Waals surface area contributed by atoms with Crippen LogP contribution in [-0.4, -0.2) is 45.2 Å². The molecule has 4 heteroatoms. The van der Waals surface area contributed by atoms with Crippen LogP contribution in [0.2, 0.25) is 0 Å². The predicted octanol–water partition coefficient (Wildman–Crippen LogP) is 3.34. The van der Waals surface area contributed by atoms with Gasteiger partial charge in [-0.1, -0.05) is 13.0 Å². The molecule has 2 rings (SSSR count). The van der Waals surface area contributed by atoms with E-state index in [1.54, 1.807) is 0 Å². The Kier molecular flexibility index (Phi) is 6.52. The van der Waals surface area contributed by atoms with Crippen molar-refractivity contribution in [3.8, 4) is 0 Å². The Bertz CT molecular complexity index is 450. The minimum atomic E-state index is 0.790. The fourth-order valence-electron chi connectivity index (χ4n) is 3.04. The molecule has 118 valence electrons. The van der Waals surface area contributed by atoms with Gasteiger partial charge in [-0.3, -0.25) is 0 Å². The highest BCUT2D eigenvalue weighted by molar-refractivity contribution is 9.10. The topological polar surface area (TPSA) is 18.5 Å². The van der Waals surface area contributed by atoms with Crippen LogP contribution in [0.3, 0.4) is 0 Å². The van der Waals surface area contributed by atoms with Gasteiger partial charge in [0.15, 0.2) is 0 Å². The highest BCUT2D eigenvalue weighted by atomic mass is 79.9. The molecule has 21 heavy (non-hydrogen) atoms. The maximum atomic E-state index is 3.74. The lowest BCUT2D eigenvalue weighted by Crippen LogP contribution is -2.27. The van der Waals surface area contributed by atoms with Crippen molar-refractivity contribution in [3.05, 3.63) is 28.2 Å². The second-order valence-corrected chi connectivity index (χ2v) is 7.11. The minimum absolute atomic E-state index is 0.790. The van der Waals surface area contributed by atoms with Crippen molar-refractivity contribution in [1.82, 2.24) is 10.2 Å². The third kappa shape index (κ3) is 4.97. The molecule has 3 nitrogen and oxygen atoms in total. The monoisotopic (exact) mass is 353 g/mol. The van der Waals surface area contributed by atoms with E-state index in [-0.39, 0.29) is 0 Å². The summed E-state index contributed by atoms with van der Waals surface area (Å²) in [6.45, 7) is 7.82. The Labute approximate surface area is 137 Å². The summed E-state index contributed by atoms with van der Waals surface area (Å²) in [6.07, 6.45) is 2.50. The lowest BCUT2D eigenvalue weighted by atomic mass is 10.1. The smallest absolute Gasteiger partial charge is 0.0508 e. The maximum absolute atomic E-state index is 3.74. The predicted molar refractivity (Wildman–Crippen MR) is 95.0 cm³/mol. The molecular formula is C17H28BrN3. The third-order valence-corrected chi connectivity index (χ3v) is 4.84. The van der Waals surface area contributed by atoms with Gasteiger partial charge in [0, 0.05) is 31.2 Å². The first kappa shape index (κ1) is 16.8. The van der Waals surface area contributed by atoms with Crippen molar-refractivity contribution < 1.29 is 0 Å². The third-order valence-electron chi connectivity index (χ3n) is 4.20. The van der Waals surface area contributed by atoms with Gasteiger partial charge in [-0.25, -0.2) is 0 Å². The maximum Gasteiger partial charge on any atom is 0.0508 e. The molecule has 1 N–H and O–H groups in total. The van der Waals surface area contributed by atoms with E-state index in [9.17, 15) is 0 Å². The van der Waals surface area contributed by atoms with Gasteiger partial charge in [-0.2, -0.15) is 0 Å². The molecule has 1 aromatic carbocycles. The van der Waals surface area contributed by atoms with Crippen LogP contribution in [0.5, 0.6) is 0 Å². The molecule has 1 fully saturated rings. The number of likely N-dealkylation sites (tertiary alicyclic amines) is 1. The van der Waals surface area contributed by atoms with Crippen LogP contribution in [-0.2, 0) is 6.54 Å². The number of nitrogens with one attached hydrogen (secondary N) is 1. The van der Waals surface area contributed by atoms with Gasteiger partial charge in [0.05, 0.1) is 5.69 Å². The largest absolute Gasteiger partial charge is 0.373 e. The molecule has 0 radical (unpaired) electrons. The molecule has 0 spiro atoms. The van der Waals surface area contributed by atoms with Crippen LogP contribution in [0.25, 0.3) is 0 Å². The van der Waals surface area contributed by atoms with Gasteiger partial charge in [0.2, 0.25) is 0 Å². The van der Waals surface area contributed by atoms with E-state index in [4.69, 9.17) is 0 Å². The Morgan fingerprint density at radius 1 is 1.43 bits per heavy atom. The van der Waals surface area contributed by atoms with Gasteiger partial charge in [-0.05, 0) is 72.5 Å². The van der Waals surface area contributed by atoms with Crippen LogP contribution < -0.4 is 10.2 Å². The van der Waals surface area contributed by atoms with Crippen molar-refractivity contribution in [2.24, 2.45) is 5.92 Å². The van der Waals surface area contributed by atoms with Crippen LogP contribution in [0.15, 0.2) is 22.7 Å². The zero-order valence-corrected chi connectivity index (χ0v) is 15.1. The fraction of sp³-hybridized carbons (Fsp3) is 0.647. The summed E-state index contributed by atoms with van der Waals surface area (Å²) in [5.41, 5.74) is 2.64. The first-order chi connectivity index (χ1) is 10.1. The minimum Gasteiger partial charge on any atom is -0.373 e. The normalized spacial score (nSPS) is 19.1. The van der Waals surface area contributed by atoms with Crippen molar-refractivity contribution in [2.75, 3.05) is 45.2 Å². The van der Waals surface area contributed by atoms with E-state index in [1.807, 2.05) is 0 Å². The summed E-state index contributed by atoms with van der Waals surface area (Å²) in [4.78, 5) is 4.81. The van der Waals surface area contributed by atoms with E-state index in [1.165, 1.54) is 41.7 Å². The highest BCUT2D eigenvalue weighted by Gasteiger charge is 2.21. The summed E-state index contributed by atoms with van der Waals surface area (Å²) in [6, 6.07) is 6.72. The van der Waals surface area contributed by atoms with Gasteiger partial charge in [0.1, 0.15) is 0 Å². The summed E-state index contributed by atoms with van der Waals surface area (Å²) in [7, 11) is 4.42. The fourth-order valence-corrected chi connectivity index (χ4v) is 3.77. The number of benzene rings is 1. The average molecular weight is 354 g/mol. The summed E-state index contributed by atoms with van der Waals surface area (Å²) < 4.78 is 1.20. The van der Waals surface area contributed by atoms with Crippen molar-refractivity contribution >= 4 is 21.6 Å². The summed E-state index contributed by atoms with van der Waals surface area (Å²) >= 11 is 3.74. The number of anilines is 1. The van der Waals surface area contributed by atoms with E-state index < -0.39 is 0 Å². The van der Waals surface area contributed by atoms with Gasteiger partial charge in [-0.15, -0.1) is 0 Å². The van der Waals surface area contributed by atoms with E-state index in [0.29, 0.717) is 0 Å². The number of halogens is 1. The number of hydrogen-bond donors (Lipinski definition) is 1. The second kappa shape index (κ2) is 8.16. The molecule has 1 aliphatic heterocycles. The summed E-state index contributed by atoms with van der Waals surface area (Å²) in [5, 5.41) is 3.45. The molecule has 0 amide bonds. The number of rotatable bonds is 7. The van der Waals surface area contributed by atoms with E-state index >= 15 is 0 Å². The van der Waals surface area contributed by atoms with E-state index in [2.05, 4.69) is 70.3 Å². The molecule has 1 aromatic rings.